The van der Waals surface area contributed by atoms with Gasteiger partial charge >= 0.3 is 0 Å². The van der Waals surface area contributed by atoms with Crippen LogP contribution in [0, 0.1) is 0 Å². The van der Waals surface area contributed by atoms with E-state index < -0.39 is 0 Å². The summed E-state index contributed by atoms with van der Waals surface area (Å²) in [4.78, 5) is 0. The maximum atomic E-state index is 4.00. The second kappa shape index (κ2) is 4.96. The van der Waals surface area contributed by atoms with E-state index in [1.165, 1.54) is 37.7 Å². The smallest absolute Gasteiger partial charge is 0.0225 e. The summed E-state index contributed by atoms with van der Waals surface area (Å²) in [6.45, 7) is 8.42. The van der Waals surface area contributed by atoms with Gasteiger partial charge < -0.3 is 0 Å². The Hall–Kier alpha value is 0.0900. The molecule has 1 aliphatic carbocycles. The highest BCUT2D eigenvalue weighted by Gasteiger charge is 2.16. The van der Waals surface area contributed by atoms with Crippen molar-refractivity contribution in [2.24, 2.45) is 0 Å². The molecule has 0 saturated heterocycles. The minimum atomic E-state index is 0.660. The molecule has 12 heavy (non-hydrogen) atoms. The molecular formula is C11H20S. The molecule has 0 heterocycles. The summed E-state index contributed by atoms with van der Waals surface area (Å²) < 4.78 is 0. The van der Waals surface area contributed by atoms with Crippen molar-refractivity contribution in [3.63, 3.8) is 0 Å². The molecule has 1 saturated carbocycles. The van der Waals surface area contributed by atoms with E-state index in [0.29, 0.717) is 5.25 Å². The van der Waals surface area contributed by atoms with Crippen LogP contribution in [0.5, 0.6) is 0 Å². The van der Waals surface area contributed by atoms with Crippen molar-refractivity contribution in [1.29, 1.82) is 0 Å². The minimum absolute atomic E-state index is 0.660. The molecule has 0 aliphatic heterocycles. The Morgan fingerprint density at radius 2 is 1.92 bits per heavy atom. The van der Waals surface area contributed by atoms with Crippen molar-refractivity contribution in [3.8, 4) is 0 Å². The van der Waals surface area contributed by atoms with Crippen LogP contribution in [0.1, 0.15) is 46.0 Å². The molecule has 1 rings (SSSR count). The van der Waals surface area contributed by atoms with Crippen LogP contribution in [-0.2, 0) is 0 Å². The highest BCUT2D eigenvalue weighted by atomic mass is 32.2. The van der Waals surface area contributed by atoms with Crippen LogP contribution in [0.4, 0.5) is 0 Å². The molecule has 0 aromatic carbocycles. The number of thioether (sulfide) groups is 1. The fraction of sp³-hybridized carbons (Fsp3) is 0.818. The van der Waals surface area contributed by atoms with Gasteiger partial charge in [0, 0.05) is 10.5 Å². The predicted octanol–water partition coefficient (Wildman–Crippen LogP) is 4.02. The van der Waals surface area contributed by atoms with Crippen LogP contribution in [0.15, 0.2) is 12.2 Å². The summed E-state index contributed by atoms with van der Waals surface area (Å²) >= 11 is 2.13. The average molecular weight is 184 g/mol. The topological polar surface area (TPSA) is 0 Å². The van der Waals surface area contributed by atoms with Crippen molar-refractivity contribution >= 4 is 11.8 Å². The van der Waals surface area contributed by atoms with E-state index in [9.17, 15) is 0 Å². The first-order valence-electron chi connectivity index (χ1n) is 5.01. The third-order valence-corrected chi connectivity index (χ3v) is 4.31. The third kappa shape index (κ3) is 3.22. The molecule has 0 radical (unpaired) electrons. The largest absolute Gasteiger partial charge is 0.151 e. The Bertz CT molecular complexity index is 145. The van der Waals surface area contributed by atoms with Crippen LogP contribution in [0.25, 0.3) is 0 Å². The lowest BCUT2D eigenvalue weighted by molar-refractivity contribution is 0.515. The van der Waals surface area contributed by atoms with Crippen LogP contribution in [0.3, 0.4) is 0 Å². The Labute approximate surface area is 80.8 Å². The van der Waals surface area contributed by atoms with E-state index in [2.05, 4.69) is 32.2 Å². The Kier molecular flexibility index (Phi) is 4.20. The van der Waals surface area contributed by atoms with Gasteiger partial charge in [0.25, 0.3) is 0 Å². The van der Waals surface area contributed by atoms with Gasteiger partial charge in [0.2, 0.25) is 0 Å². The molecule has 1 fully saturated rings. The summed E-state index contributed by atoms with van der Waals surface area (Å²) in [6.07, 6.45) is 7.21. The molecule has 0 amide bonds. The van der Waals surface area contributed by atoms with Gasteiger partial charge in [-0.3, -0.25) is 0 Å². The van der Waals surface area contributed by atoms with Gasteiger partial charge in [-0.25, -0.2) is 0 Å². The van der Waals surface area contributed by atoms with E-state index in [0.717, 1.165) is 5.25 Å². The monoisotopic (exact) mass is 184 g/mol. The first-order valence-corrected chi connectivity index (χ1v) is 5.95. The molecule has 0 nitrogen and oxygen atoms in total. The second-order valence-corrected chi connectivity index (χ2v) is 5.53. The average Bonchev–Trinajstić information content (AvgIpc) is 2.06. The molecule has 0 aromatic heterocycles. The van der Waals surface area contributed by atoms with Gasteiger partial charge in [-0.2, -0.15) is 11.8 Å². The summed E-state index contributed by atoms with van der Waals surface area (Å²) in [6, 6.07) is 0. The zero-order valence-corrected chi connectivity index (χ0v) is 9.12. The molecule has 0 aromatic rings. The zero-order valence-electron chi connectivity index (χ0n) is 8.31. The summed E-state index contributed by atoms with van der Waals surface area (Å²) in [5.41, 5.74) is 1.32. The van der Waals surface area contributed by atoms with Gasteiger partial charge in [0.15, 0.2) is 0 Å². The van der Waals surface area contributed by atoms with Crippen molar-refractivity contribution < 1.29 is 0 Å². The lowest BCUT2D eigenvalue weighted by Crippen LogP contribution is -2.12. The second-order valence-electron chi connectivity index (χ2n) is 3.88. The first-order chi connectivity index (χ1) is 5.70. The molecule has 1 atom stereocenters. The lowest BCUT2D eigenvalue weighted by Gasteiger charge is -2.24. The number of hydrogen-bond acceptors (Lipinski definition) is 1. The van der Waals surface area contributed by atoms with Crippen molar-refractivity contribution in [2.75, 3.05) is 0 Å². The fourth-order valence-electron chi connectivity index (χ4n) is 1.61. The van der Waals surface area contributed by atoms with Crippen LogP contribution in [0.2, 0.25) is 0 Å². The molecule has 1 aliphatic rings. The van der Waals surface area contributed by atoms with Crippen LogP contribution < -0.4 is 0 Å². The normalized spacial score (nSPS) is 22.2. The van der Waals surface area contributed by atoms with Gasteiger partial charge in [-0.15, -0.1) is 0 Å². The maximum Gasteiger partial charge on any atom is 0.0225 e. The lowest BCUT2D eigenvalue weighted by atomic mass is 10.0. The predicted molar refractivity (Wildman–Crippen MR) is 58.7 cm³/mol. The van der Waals surface area contributed by atoms with E-state index >= 15 is 0 Å². The van der Waals surface area contributed by atoms with Gasteiger partial charge in [0.1, 0.15) is 0 Å². The molecule has 1 unspecified atom stereocenters. The van der Waals surface area contributed by atoms with Crippen molar-refractivity contribution in [3.05, 3.63) is 12.2 Å². The van der Waals surface area contributed by atoms with Gasteiger partial charge in [0.05, 0.1) is 0 Å². The molecule has 1 heteroatoms. The fourth-order valence-corrected chi connectivity index (χ4v) is 3.02. The van der Waals surface area contributed by atoms with Crippen molar-refractivity contribution in [2.45, 2.75) is 56.5 Å². The summed E-state index contributed by atoms with van der Waals surface area (Å²) in [5.74, 6) is 0. The Balaban J connectivity index is 2.24. The molecule has 0 bridgehead atoms. The highest BCUT2D eigenvalue weighted by Crippen LogP contribution is 2.32. The minimum Gasteiger partial charge on any atom is -0.151 e. The third-order valence-electron chi connectivity index (χ3n) is 2.64. The van der Waals surface area contributed by atoms with E-state index in [1.54, 1.807) is 0 Å². The maximum absolute atomic E-state index is 4.00. The van der Waals surface area contributed by atoms with E-state index in [4.69, 9.17) is 0 Å². The summed E-state index contributed by atoms with van der Waals surface area (Å²) in [7, 11) is 0. The van der Waals surface area contributed by atoms with Crippen LogP contribution >= 0.6 is 11.8 Å². The number of rotatable bonds is 3. The summed E-state index contributed by atoms with van der Waals surface area (Å²) in [5, 5.41) is 1.58. The molecule has 70 valence electrons. The first kappa shape index (κ1) is 10.2. The van der Waals surface area contributed by atoms with Gasteiger partial charge in [-0.1, -0.05) is 31.4 Å². The van der Waals surface area contributed by atoms with Gasteiger partial charge in [-0.05, 0) is 26.7 Å². The Morgan fingerprint density at radius 1 is 1.33 bits per heavy atom. The highest BCUT2D eigenvalue weighted by molar-refractivity contribution is 8.00. The molecular weight excluding hydrogens is 164 g/mol. The van der Waals surface area contributed by atoms with Crippen LogP contribution in [-0.4, -0.2) is 10.5 Å². The Morgan fingerprint density at radius 3 is 2.42 bits per heavy atom. The molecule has 0 N–H and O–H groups in total. The van der Waals surface area contributed by atoms with E-state index in [-0.39, 0.29) is 0 Å². The van der Waals surface area contributed by atoms with E-state index in [1.807, 2.05) is 0 Å². The number of hydrogen-bond donors (Lipinski definition) is 0. The zero-order chi connectivity index (χ0) is 8.97. The van der Waals surface area contributed by atoms with Crippen molar-refractivity contribution in [1.82, 2.24) is 0 Å². The molecule has 0 spiro atoms. The standard InChI is InChI=1S/C11H20S/c1-9(2)10(3)12-11-7-5-4-6-8-11/h10-11H,1,4-8H2,2-3H3. The quantitative estimate of drug-likeness (QED) is 0.597. The SMILES string of the molecule is C=C(C)C(C)SC1CCCCC1.